The molecule has 1 fully saturated rings. The van der Waals surface area contributed by atoms with Gasteiger partial charge >= 0.3 is 0 Å². The molecular weight excluding hydrogens is 248 g/mol. The molecule has 18 heavy (non-hydrogen) atoms. The van der Waals surface area contributed by atoms with Gasteiger partial charge in [0.25, 0.3) is 0 Å². The van der Waals surface area contributed by atoms with E-state index >= 15 is 0 Å². The molecule has 0 radical (unpaired) electrons. The van der Waals surface area contributed by atoms with Crippen LogP contribution in [0.15, 0.2) is 0 Å². The van der Waals surface area contributed by atoms with Crippen molar-refractivity contribution in [3.05, 3.63) is 0 Å². The molecule has 1 saturated carbocycles. The Bertz CT molecular complexity index is 267. The van der Waals surface area contributed by atoms with Gasteiger partial charge in [-0.15, -0.1) is 12.4 Å². The molecule has 108 valence electrons. The second-order valence-electron chi connectivity index (χ2n) is 5.75. The van der Waals surface area contributed by atoms with E-state index in [4.69, 9.17) is 5.73 Å². The average molecular weight is 277 g/mol. The van der Waals surface area contributed by atoms with E-state index in [0.717, 1.165) is 19.3 Å². The van der Waals surface area contributed by atoms with E-state index in [9.17, 15) is 4.79 Å². The lowest BCUT2D eigenvalue weighted by atomic mass is 9.96. The Morgan fingerprint density at radius 1 is 1.28 bits per heavy atom. The van der Waals surface area contributed by atoms with Gasteiger partial charge in [0.15, 0.2) is 0 Å². The molecule has 0 heterocycles. The van der Waals surface area contributed by atoms with Crippen molar-refractivity contribution in [1.29, 1.82) is 0 Å². The topological polar surface area (TPSA) is 46.3 Å². The Morgan fingerprint density at radius 2 is 1.78 bits per heavy atom. The van der Waals surface area contributed by atoms with E-state index in [1.54, 1.807) is 0 Å². The summed E-state index contributed by atoms with van der Waals surface area (Å²) in [5, 5.41) is 0. The molecule has 3 nitrogen and oxygen atoms in total. The van der Waals surface area contributed by atoms with Crippen LogP contribution in [0.25, 0.3) is 0 Å². The summed E-state index contributed by atoms with van der Waals surface area (Å²) in [6, 6.07) is 0.752. The Balaban J connectivity index is 0.00000289. The van der Waals surface area contributed by atoms with Crippen LogP contribution in [-0.4, -0.2) is 28.9 Å². The van der Waals surface area contributed by atoms with Gasteiger partial charge in [-0.1, -0.05) is 27.2 Å². The molecule has 1 amide bonds. The van der Waals surface area contributed by atoms with Crippen LogP contribution < -0.4 is 5.73 Å². The molecule has 0 aliphatic heterocycles. The fourth-order valence-electron chi connectivity index (χ4n) is 2.14. The number of hydrogen-bond acceptors (Lipinski definition) is 2. The first kappa shape index (κ1) is 17.7. The van der Waals surface area contributed by atoms with Crippen molar-refractivity contribution >= 4 is 18.3 Å². The van der Waals surface area contributed by atoms with Crippen LogP contribution in [0.4, 0.5) is 0 Å². The smallest absolute Gasteiger partial charge is 0.227 e. The minimum Gasteiger partial charge on any atom is -0.336 e. The van der Waals surface area contributed by atoms with E-state index in [1.807, 2.05) is 13.8 Å². The molecule has 1 rings (SSSR count). The quantitative estimate of drug-likeness (QED) is 0.811. The lowest BCUT2D eigenvalue weighted by Gasteiger charge is -2.35. The van der Waals surface area contributed by atoms with Crippen LogP contribution in [0.3, 0.4) is 0 Å². The van der Waals surface area contributed by atoms with Gasteiger partial charge in [-0.25, -0.2) is 0 Å². The van der Waals surface area contributed by atoms with Crippen molar-refractivity contribution in [2.75, 3.05) is 0 Å². The maximum absolute atomic E-state index is 12.5. The number of nitrogens with two attached hydrogens (primary N) is 1. The molecule has 1 aliphatic rings. The Morgan fingerprint density at radius 3 is 2.11 bits per heavy atom. The van der Waals surface area contributed by atoms with Gasteiger partial charge in [-0.05, 0) is 32.6 Å². The highest BCUT2D eigenvalue weighted by atomic mass is 35.5. The van der Waals surface area contributed by atoms with Crippen LogP contribution in [0.2, 0.25) is 0 Å². The zero-order valence-corrected chi connectivity index (χ0v) is 13.2. The summed E-state index contributed by atoms with van der Waals surface area (Å²) in [6.07, 6.45) is 3.45. The standard InChI is InChI=1S/C14H28N2O.ClH/c1-6-9(2)12(5)16(13-7-8-13)14(17)10(3)11(4)15;/h9-13H,6-8,15H2,1-5H3;1H. The van der Waals surface area contributed by atoms with Gasteiger partial charge in [-0.2, -0.15) is 0 Å². The molecule has 0 aromatic carbocycles. The number of hydrogen-bond donors (Lipinski definition) is 1. The molecule has 4 unspecified atom stereocenters. The highest BCUT2D eigenvalue weighted by Gasteiger charge is 2.39. The molecule has 0 aromatic heterocycles. The zero-order chi connectivity index (χ0) is 13.2. The normalized spacial score (nSPS) is 21.4. The molecule has 4 heteroatoms. The molecule has 2 N–H and O–H groups in total. The van der Waals surface area contributed by atoms with Crippen molar-refractivity contribution in [2.24, 2.45) is 17.6 Å². The summed E-state index contributed by atoms with van der Waals surface area (Å²) in [5.41, 5.74) is 5.86. The van der Waals surface area contributed by atoms with Gasteiger partial charge in [0.1, 0.15) is 0 Å². The van der Waals surface area contributed by atoms with E-state index in [-0.39, 0.29) is 30.3 Å². The van der Waals surface area contributed by atoms with Crippen LogP contribution in [-0.2, 0) is 4.79 Å². The molecule has 0 saturated heterocycles. The molecule has 4 atom stereocenters. The fourth-order valence-corrected chi connectivity index (χ4v) is 2.14. The molecule has 1 aliphatic carbocycles. The third-order valence-electron chi connectivity index (χ3n) is 4.28. The Hall–Kier alpha value is -0.280. The van der Waals surface area contributed by atoms with Crippen LogP contribution in [0.1, 0.15) is 53.9 Å². The van der Waals surface area contributed by atoms with Gasteiger partial charge in [0.05, 0.1) is 5.92 Å². The number of carbonyl (C=O) groups is 1. The lowest BCUT2D eigenvalue weighted by molar-refractivity contribution is -0.139. The minimum atomic E-state index is -0.0675. The van der Waals surface area contributed by atoms with E-state index in [2.05, 4.69) is 25.7 Å². The van der Waals surface area contributed by atoms with E-state index in [1.165, 1.54) is 0 Å². The van der Waals surface area contributed by atoms with Crippen LogP contribution >= 0.6 is 12.4 Å². The summed E-state index contributed by atoms with van der Waals surface area (Å²) in [7, 11) is 0. The number of halogens is 1. The zero-order valence-electron chi connectivity index (χ0n) is 12.3. The maximum Gasteiger partial charge on any atom is 0.227 e. The summed E-state index contributed by atoms with van der Waals surface area (Å²) < 4.78 is 0. The van der Waals surface area contributed by atoms with Crippen molar-refractivity contribution in [3.8, 4) is 0 Å². The second-order valence-corrected chi connectivity index (χ2v) is 5.75. The van der Waals surface area contributed by atoms with Crippen molar-refractivity contribution in [1.82, 2.24) is 4.90 Å². The Kier molecular flexibility index (Phi) is 7.23. The summed E-state index contributed by atoms with van der Waals surface area (Å²) >= 11 is 0. The fraction of sp³-hybridized carbons (Fsp3) is 0.929. The Labute approximate surface area is 118 Å². The largest absolute Gasteiger partial charge is 0.336 e. The monoisotopic (exact) mass is 276 g/mol. The van der Waals surface area contributed by atoms with Crippen molar-refractivity contribution in [2.45, 2.75) is 72.0 Å². The van der Waals surface area contributed by atoms with E-state index < -0.39 is 0 Å². The van der Waals surface area contributed by atoms with E-state index in [0.29, 0.717) is 18.0 Å². The number of rotatable bonds is 6. The molecule has 0 bridgehead atoms. The predicted molar refractivity (Wildman–Crippen MR) is 78.8 cm³/mol. The third kappa shape index (κ3) is 4.13. The third-order valence-corrected chi connectivity index (χ3v) is 4.28. The first-order chi connectivity index (χ1) is 7.90. The van der Waals surface area contributed by atoms with Crippen molar-refractivity contribution < 1.29 is 4.79 Å². The number of nitrogens with zero attached hydrogens (tertiary/aromatic N) is 1. The van der Waals surface area contributed by atoms with Crippen LogP contribution in [0, 0.1) is 11.8 Å². The summed E-state index contributed by atoms with van der Waals surface area (Å²) in [4.78, 5) is 14.6. The molecule has 0 aromatic rings. The summed E-state index contributed by atoms with van der Waals surface area (Å²) in [5.74, 6) is 0.734. The van der Waals surface area contributed by atoms with Gasteiger partial charge < -0.3 is 10.6 Å². The molecular formula is C14H29ClN2O. The van der Waals surface area contributed by atoms with Gasteiger partial charge in [0.2, 0.25) is 5.91 Å². The second kappa shape index (κ2) is 7.34. The SMILES string of the molecule is CCC(C)C(C)N(C(=O)C(C)C(C)N)C1CC1.Cl. The highest BCUT2D eigenvalue weighted by Crippen LogP contribution is 2.32. The predicted octanol–water partition coefficient (Wildman–Crippen LogP) is 2.82. The van der Waals surface area contributed by atoms with Gasteiger partial charge in [0, 0.05) is 18.1 Å². The number of amides is 1. The minimum absolute atomic E-state index is 0. The lowest BCUT2D eigenvalue weighted by Crippen LogP contribution is -2.49. The average Bonchev–Trinajstić information content (AvgIpc) is 3.10. The first-order valence-corrected chi connectivity index (χ1v) is 6.97. The van der Waals surface area contributed by atoms with Crippen LogP contribution in [0.5, 0.6) is 0 Å². The first-order valence-electron chi connectivity index (χ1n) is 6.97. The summed E-state index contributed by atoms with van der Waals surface area (Å²) in [6.45, 7) is 10.5. The maximum atomic E-state index is 12.5. The number of carbonyl (C=O) groups excluding carboxylic acids is 1. The van der Waals surface area contributed by atoms with Crippen molar-refractivity contribution in [3.63, 3.8) is 0 Å². The highest BCUT2D eigenvalue weighted by molar-refractivity contribution is 5.85. The van der Waals surface area contributed by atoms with Gasteiger partial charge in [-0.3, -0.25) is 4.79 Å². The molecule has 0 spiro atoms.